The fraction of sp³-hybridized carbons (Fsp3) is 0.577. The molecule has 36 heavy (non-hydrogen) atoms. The van der Waals surface area contributed by atoms with E-state index >= 15 is 0 Å². The first-order valence-corrected chi connectivity index (χ1v) is 14.9. The molecule has 2 saturated carbocycles. The number of rotatable bonds is 10. The first-order chi connectivity index (χ1) is 17.3. The molecule has 9 nitrogen and oxygen atoms in total. The van der Waals surface area contributed by atoms with Crippen LogP contribution in [0.3, 0.4) is 0 Å². The van der Waals surface area contributed by atoms with Gasteiger partial charge in [-0.1, -0.05) is 19.9 Å². The van der Waals surface area contributed by atoms with Gasteiger partial charge >= 0.3 is 0 Å². The number of anilines is 2. The lowest BCUT2D eigenvalue weighted by Crippen LogP contribution is -2.30. The highest BCUT2D eigenvalue weighted by atomic mass is 32.2. The van der Waals surface area contributed by atoms with E-state index < -0.39 is 9.84 Å². The topological polar surface area (TPSA) is 117 Å². The number of amides is 1. The Morgan fingerprint density at radius 3 is 2.56 bits per heavy atom. The molecule has 3 N–H and O–H groups in total. The Morgan fingerprint density at radius 2 is 1.89 bits per heavy atom. The van der Waals surface area contributed by atoms with Crippen molar-refractivity contribution in [3.05, 3.63) is 35.7 Å². The zero-order valence-corrected chi connectivity index (χ0v) is 21.7. The molecule has 1 saturated heterocycles. The van der Waals surface area contributed by atoms with Crippen LogP contribution in [0.2, 0.25) is 0 Å². The van der Waals surface area contributed by atoms with Gasteiger partial charge in [-0.3, -0.25) is 4.79 Å². The van der Waals surface area contributed by atoms with Crippen molar-refractivity contribution in [1.82, 2.24) is 19.9 Å². The molecule has 0 spiro atoms. The second-order valence-electron chi connectivity index (χ2n) is 10.5. The van der Waals surface area contributed by atoms with Crippen LogP contribution in [0.1, 0.15) is 70.3 Å². The summed E-state index contributed by atoms with van der Waals surface area (Å²) >= 11 is 0. The van der Waals surface area contributed by atoms with Crippen molar-refractivity contribution >= 4 is 39.1 Å². The molecular weight excluding hydrogens is 476 g/mol. The molecule has 2 aliphatic carbocycles. The van der Waals surface area contributed by atoms with Gasteiger partial charge < -0.3 is 16.0 Å². The molecule has 1 amide bonds. The van der Waals surface area contributed by atoms with E-state index in [-0.39, 0.29) is 17.9 Å². The Morgan fingerprint density at radius 1 is 1.17 bits per heavy atom. The molecule has 0 bridgehead atoms. The molecule has 2 aromatic heterocycles. The Hall–Kier alpha value is -2.88. The van der Waals surface area contributed by atoms with Gasteiger partial charge in [0.05, 0.1) is 24.1 Å². The monoisotopic (exact) mass is 512 g/mol. The Kier molecular flexibility index (Phi) is 7.05. The third-order valence-electron chi connectivity index (χ3n) is 7.28. The van der Waals surface area contributed by atoms with E-state index in [9.17, 15) is 13.2 Å². The lowest BCUT2D eigenvalue weighted by molar-refractivity contribution is -0.118. The maximum absolute atomic E-state index is 12.4. The first kappa shape index (κ1) is 24.8. The summed E-state index contributed by atoms with van der Waals surface area (Å²) in [4.78, 5) is 16.6. The van der Waals surface area contributed by atoms with Crippen LogP contribution in [0, 0.1) is 5.92 Å². The maximum atomic E-state index is 12.4. The first-order valence-electron chi connectivity index (χ1n) is 13.1. The lowest BCUT2D eigenvalue weighted by Gasteiger charge is -2.29. The Labute approximate surface area is 212 Å². The van der Waals surface area contributed by atoms with Crippen molar-refractivity contribution in [3.63, 3.8) is 0 Å². The van der Waals surface area contributed by atoms with Crippen LogP contribution in [-0.4, -0.2) is 52.5 Å². The van der Waals surface area contributed by atoms with Gasteiger partial charge in [0.15, 0.2) is 15.5 Å². The van der Waals surface area contributed by atoms with E-state index in [2.05, 4.69) is 27.6 Å². The third-order valence-corrected chi connectivity index (χ3v) is 9.17. The van der Waals surface area contributed by atoms with Crippen molar-refractivity contribution in [1.29, 1.82) is 0 Å². The molecule has 194 valence electrons. The molecule has 3 heterocycles. The van der Waals surface area contributed by atoms with Gasteiger partial charge in [0.1, 0.15) is 11.6 Å². The lowest BCUT2D eigenvalue weighted by atomic mass is 9.87. The average molecular weight is 513 g/mol. The molecule has 10 heteroatoms. The third kappa shape index (κ3) is 5.91. The second-order valence-corrected chi connectivity index (χ2v) is 12.7. The van der Waals surface area contributed by atoms with Gasteiger partial charge in [0.25, 0.3) is 0 Å². The number of unbranched alkanes of at least 4 members (excludes halogenated alkanes) is 1. The van der Waals surface area contributed by atoms with Gasteiger partial charge in [0, 0.05) is 29.4 Å². The van der Waals surface area contributed by atoms with Crippen molar-refractivity contribution in [3.8, 4) is 0 Å². The quantitative estimate of drug-likeness (QED) is 0.442. The van der Waals surface area contributed by atoms with E-state index in [1.165, 1.54) is 0 Å². The van der Waals surface area contributed by atoms with E-state index in [4.69, 9.17) is 4.98 Å². The van der Waals surface area contributed by atoms with Crippen molar-refractivity contribution in [2.75, 3.05) is 22.1 Å². The standard InChI is InChI=1S/C26H36N6O3S/c1-3-4-11-36(34,35)16-18-5-7-21(8-6-18)29-23-14-24(30-22-9-10-22)32-26(31-23)20(15-27-32)12-19-13-25(33)28-17(19)2/h12,14-15,18,21-22,30H,2-11,13,16H2,1H3,(H,28,33)(H,29,31)/b19-12+. The molecule has 0 unspecified atom stereocenters. The van der Waals surface area contributed by atoms with E-state index in [0.29, 0.717) is 29.7 Å². The molecule has 3 aliphatic rings. The summed E-state index contributed by atoms with van der Waals surface area (Å²) in [6, 6.07) is 2.72. The zero-order valence-electron chi connectivity index (χ0n) is 20.9. The van der Waals surface area contributed by atoms with E-state index in [1.54, 1.807) is 6.20 Å². The number of allylic oxidation sites excluding steroid dienone is 1. The predicted molar refractivity (Wildman–Crippen MR) is 142 cm³/mol. The highest BCUT2D eigenvalue weighted by Crippen LogP contribution is 2.31. The number of aromatic nitrogens is 3. The minimum atomic E-state index is -2.96. The van der Waals surface area contributed by atoms with E-state index in [1.807, 2.05) is 23.6 Å². The Balaban J connectivity index is 1.31. The normalized spacial score (nSPS) is 23.9. The maximum Gasteiger partial charge on any atom is 0.228 e. The zero-order chi connectivity index (χ0) is 25.3. The predicted octanol–water partition coefficient (Wildman–Crippen LogP) is 3.91. The summed E-state index contributed by atoms with van der Waals surface area (Å²) in [6.07, 6.45) is 11.6. The van der Waals surface area contributed by atoms with Crippen LogP contribution < -0.4 is 16.0 Å². The molecular formula is C26H36N6O3S. The summed E-state index contributed by atoms with van der Waals surface area (Å²) in [6.45, 7) is 5.96. The number of nitrogens with zero attached hydrogens (tertiary/aromatic N) is 3. The summed E-state index contributed by atoms with van der Waals surface area (Å²) in [7, 11) is -2.96. The second kappa shape index (κ2) is 10.2. The molecule has 0 aromatic carbocycles. The number of nitrogens with one attached hydrogen (secondary N) is 3. The summed E-state index contributed by atoms with van der Waals surface area (Å²) in [5, 5.41) is 14.5. The van der Waals surface area contributed by atoms with Crippen LogP contribution in [0.4, 0.5) is 11.6 Å². The van der Waals surface area contributed by atoms with Crippen LogP contribution in [0.25, 0.3) is 11.7 Å². The molecule has 5 rings (SSSR count). The number of sulfone groups is 1. The van der Waals surface area contributed by atoms with Crippen molar-refractivity contribution in [2.45, 2.75) is 76.8 Å². The molecule has 1 aliphatic heterocycles. The highest BCUT2D eigenvalue weighted by Gasteiger charge is 2.27. The number of fused-ring (bicyclic) bond motifs is 1. The van der Waals surface area contributed by atoms with Gasteiger partial charge in [0.2, 0.25) is 5.91 Å². The Bertz CT molecular complexity index is 1290. The molecule has 0 atom stereocenters. The number of hydrogen-bond acceptors (Lipinski definition) is 7. The fourth-order valence-electron chi connectivity index (χ4n) is 5.08. The SMILES string of the molecule is C=C1NC(=O)C/C1=C\c1cnn2c(NC3CC3)cc(NC3CCC(CS(=O)(=O)CCCC)CC3)nc12. The molecule has 0 radical (unpaired) electrons. The van der Waals surface area contributed by atoms with Crippen LogP contribution in [0.5, 0.6) is 0 Å². The van der Waals surface area contributed by atoms with Crippen LogP contribution in [0.15, 0.2) is 30.1 Å². The minimum Gasteiger partial charge on any atom is -0.367 e. The van der Waals surface area contributed by atoms with Gasteiger partial charge in [-0.25, -0.2) is 13.4 Å². The largest absolute Gasteiger partial charge is 0.367 e. The summed E-state index contributed by atoms with van der Waals surface area (Å²) in [5.41, 5.74) is 3.03. The minimum absolute atomic E-state index is 0.0529. The smallest absolute Gasteiger partial charge is 0.228 e. The molecule has 3 fully saturated rings. The van der Waals surface area contributed by atoms with Crippen molar-refractivity contribution in [2.24, 2.45) is 5.92 Å². The van der Waals surface area contributed by atoms with E-state index in [0.717, 1.165) is 79.8 Å². The van der Waals surface area contributed by atoms with Crippen LogP contribution >= 0.6 is 0 Å². The van der Waals surface area contributed by atoms with Gasteiger partial charge in [-0.2, -0.15) is 9.61 Å². The molecule has 2 aromatic rings. The van der Waals surface area contributed by atoms with Crippen LogP contribution in [-0.2, 0) is 14.6 Å². The highest BCUT2D eigenvalue weighted by molar-refractivity contribution is 7.91. The summed E-state index contributed by atoms with van der Waals surface area (Å²) in [5.74, 6) is 2.49. The van der Waals surface area contributed by atoms with Gasteiger partial charge in [-0.05, 0) is 62.5 Å². The number of carbonyl (C=O) groups is 1. The number of hydrogen-bond donors (Lipinski definition) is 3. The summed E-state index contributed by atoms with van der Waals surface area (Å²) < 4.78 is 26.6. The number of carbonyl (C=O) groups excluding carboxylic acids is 1. The van der Waals surface area contributed by atoms with Gasteiger partial charge in [-0.15, -0.1) is 0 Å². The fourth-order valence-corrected chi connectivity index (χ4v) is 7.03. The van der Waals surface area contributed by atoms with Crippen molar-refractivity contribution < 1.29 is 13.2 Å². The average Bonchev–Trinajstić information content (AvgIpc) is 3.47.